The van der Waals surface area contributed by atoms with E-state index in [0.29, 0.717) is 0 Å². The number of carbonyl (C=O) groups excluding carboxylic acids is 1. The van der Waals surface area contributed by atoms with Crippen LogP contribution in [-0.2, 0) is 4.79 Å². The smallest absolute Gasteiger partial charge is 0.237 e. The molecule has 0 fully saturated rings. The van der Waals surface area contributed by atoms with Crippen LogP contribution in [0.2, 0.25) is 0 Å². The number of hydrogen-bond acceptors (Lipinski definition) is 1. The molecule has 0 heterocycles. The molecule has 0 rings (SSSR count). The van der Waals surface area contributed by atoms with Crippen molar-refractivity contribution in [2.45, 2.75) is 33.1 Å². The van der Waals surface area contributed by atoms with E-state index < -0.39 is 0 Å². The van der Waals surface area contributed by atoms with Crippen LogP contribution in [-0.4, -0.2) is 29.8 Å². The second-order valence-corrected chi connectivity index (χ2v) is 3.08. The maximum atomic E-state index is 11.1. The van der Waals surface area contributed by atoms with Crippen LogP contribution < -0.4 is 0 Å². The third-order valence-electron chi connectivity index (χ3n) is 1.88. The lowest BCUT2D eigenvalue weighted by Gasteiger charge is -2.19. The van der Waals surface area contributed by atoms with Gasteiger partial charge in [0.05, 0.1) is 0 Å². The monoisotopic (exact) mass is 191 g/mol. The molecule has 1 amide bonds. The Labute approximate surface area is 79.9 Å². The number of amides is 1. The zero-order valence-corrected chi connectivity index (χ0v) is 8.73. The first-order chi connectivity index (χ1) is 5.76. The number of rotatable bonds is 6. The minimum Gasteiger partial charge on any atom is -0.342 e. The first-order valence-electron chi connectivity index (χ1n) is 4.60. The molecule has 3 heteroatoms. The summed E-state index contributed by atoms with van der Waals surface area (Å²) in [6.45, 7) is 5.77. The van der Waals surface area contributed by atoms with Gasteiger partial charge in [-0.2, -0.15) is 0 Å². The van der Waals surface area contributed by atoms with Crippen molar-refractivity contribution in [1.29, 1.82) is 0 Å². The molecular formula is C9H18ClNO. The van der Waals surface area contributed by atoms with Crippen LogP contribution in [0.15, 0.2) is 0 Å². The van der Waals surface area contributed by atoms with Crippen molar-refractivity contribution >= 4 is 17.5 Å². The molecule has 0 aliphatic rings. The molecule has 0 saturated heterocycles. The lowest BCUT2D eigenvalue weighted by molar-refractivity contribution is -0.128. The van der Waals surface area contributed by atoms with Gasteiger partial charge in [-0.05, 0) is 13.3 Å². The van der Waals surface area contributed by atoms with E-state index in [9.17, 15) is 4.79 Å². The van der Waals surface area contributed by atoms with Crippen LogP contribution in [0.5, 0.6) is 0 Å². The molecule has 0 saturated carbocycles. The number of halogens is 1. The first-order valence-corrected chi connectivity index (χ1v) is 5.13. The summed E-state index contributed by atoms with van der Waals surface area (Å²) in [4.78, 5) is 12.9. The Morgan fingerprint density at radius 1 is 1.33 bits per heavy atom. The molecule has 0 aromatic carbocycles. The standard InChI is InChI=1S/C9H18ClNO/c1-3-5-6-7-11(4-2)9(12)8-10/h3-8H2,1-2H3. The minimum atomic E-state index is 0.0512. The molecule has 0 radical (unpaired) electrons. The number of unbranched alkanes of at least 4 members (excludes halogenated alkanes) is 2. The lowest BCUT2D eigenvalue weighted by Crippen LogP contribution is -2.32. The molecule has 72 valence electrons. The molecule has 0 aliphatic heterocycles. The Kier molecular flexibility index (Phi) is 7.26. The molecule has 2 nitrogen and oxygen atoms in total. The predicted molar refractivity (Wildman–Crippen MR) is 52.5 cm³/mol. The Hall–Kier alpha value is -0.240. The van der Waals surface area contributed by atoms with Crippen LogP contribution in [0.3, 0.4) is 0 Å². The van der Waals surface area contributed by atoms with Crippen molar-refractivity contribution in [1.82, 2.24) is 4.90 Å². The van der Waals surface area contributed by atoms with Gasteiger partial charge in [-0.3, -0.25) is 4.79 Å². The van der Waals surface area contributed by atoms with Gasteiger partial charge in [-0.25, -0.2) is 0 Å². The molecule has 0 atom stereocenters. The number of hydrogen-bond donors (Lipinski definition) is 0. The highest BCUT2D eigenvalue weighted by molar-refractivity contribution is 6.27. The zero-order chi connectivity index (χ0) is 9.40. The van der Waals surface area contributed by atoms with Gasteiger partial charge in [0, 0.05) is 13.1 Å². The molecule has 0 aromatic rings. The van der Waals surface area contributed by atoms with E-state index >= 15 is 0 Å². The molecule has 12 heavy (non-hydrogen) atoms. The van der Waals surface area contributed by atoms with E-state index in [1.807, 2.05) is 11.8 Å². The predicted octanol–water partition coefficient (Wildman–Crippen LogP) is 2.26. The van der Waals surface area contributed by atoms with Crippen LogP contribution in [0.25, 0.3) is 0 Å². The average Bonchev–Trinajstić information content (AvgIpc) is 2.11. The fourth-order valence-electron chi connectivity index (χ4n) is 1.10. The molecule has 0 bridgehead atoms. The van der Waals surface area contributed by atoms with Crippen LogP contribution in [0, 0.1) is 0 Å². The lowest BCUT2D eigenvalue weighted by atomic mass is 10.2. The van der Waals surface area contributed by atoms with E-state index in [4.69, 9.17) is 11.6 Å². The third-order valence-corrected chi connectivity index (χ3v) is 2.11. The van der Waals surface area contributed by atoms with E-state index in [1.54, 1.807) is 0 Å². The summed E-state index contributed by atoms with van der Waals surface area (Å²) in [6, 6.07) is 0. The maximum absolute atomic E-state index is 11.1. The van der Waals surface area contributed by atoms with Crippen molar-refractivity contribution < 1.29 is 4.79 Å². The zero-order valence-electron chi connectivity index (χ0n) is 7.98. The number of nitrogens with zero attached hydrogens (tertiary/aromatic N) is 1. The van der Waals surface area contributed by atoms with Crippen LogP contribution in [0.1, 0.15) is 33.1 Å². The molecule has 0 spiro atoms. The molecular weight excluding hydrogens is 174 g/mol. The first kappa shape index (κ1) is 11.8. The second-order valence-electron chi connectivity index (χ2n) is 2.81. The highest BCUT2D eigenvalue weighted by Gasteiger charge is 2.08. The van der Waals surface area contributed by atoms with Gasteiger partial charge in [0.25, 0.3) is 0 Å². The van der Waals surface area contributed by atoms with Crippen molar-refractivity contribution in [3.8, 4) is 0 Å². The van der Waals surface area contributed by atoms with Crippen LogP contribution in [0.4, 0.5) is 0 Å². The quantitative estimate of drug-likeness (QED) is 0.466. The number of carbonyl (C=O) groups is 1. The second kappa shape index (κ2) is 7.41. The summed E-state index contributed by atoms with van der Waals surface area (Å²) in [5.74, 6) is 0.162. The summed E-state index contributed by atoms with van der Waals surface area (Å²) in [5, 5.41) is 0. The third kappa shape index (κ3) is 4.60. The van der Waals surface area contributed by atoms with Gasteiger partial charge in [0.1, 0.15) is 5.88 Å². The van der Waals surface area contributed by atoms with Crippen molar-refractivity contribution in [2.75, 3.05) is 19.0 Å². The van der Waals surface area contributed by atoms with E-state index in [1.165, 1.54) is 12.8 Å². The fraction of sp³-hybridized carbons (Fsp3) is 0.889. The Balaban J connectivity index is 3.60. The largest absolute Gasteiger partial charge is 0.342 e. The maximum Gasteiger partial charge on any atom is 0.237 e. The fourth-order valence-corrected chi connectivity index (χ4v) is 1.27. The topological polar surface area (TPSA) is 20.3 Å². The SMILES string of the molecule is CCCCCN(CC)C(=O)CCl. The van der Waals surface area contributed by atoms with Crippen molar-refractivity contribution in [2.24, 2.45) is 0 Å². The van der Waals surface area contributed by atoms with E-state index in [2.05, 4.69) is 6.92 Å². The highest BCUT2D eigenvalue weighted by Crippen LogP contribution is 1.99. The summed E-state index contributed by atoms with van der Waals surface area (Å²) in [6.07, 6.45) is 3.46. The normalized spacial score (nSPS) is 9.92. The van der Waals surface area contributed by atoms with Crippen molar-refractivity contribution in [3.05, 3.63) is 0 Å². The highest BCUT2D eigenvalue weighted by atomic mass is 35.5. The van der Waals surface area contributed by atoms with Gasteiger partial charge in [0.15, 0.2) is 0 Å². The molecule has 0 N–H and O–H groups in total. The van der Waals surface area contributed by atoms with Crippen LogP contribution >= 0.6 is 11.6 Å². The summed E-state index contributed by atoms with van der Waals surface area (Å²) >= 11 is 5.45. The number of alkyl halides is 1. The Bertz CT molecular complexity index is 128. The molecule has 0 aromatic heterocycles. The molecule has 0 unspecified atom stereocenters. The average molecular weight is 192 g/mol. The van der Waals surface area contributed by atoms with Gasteiger partial charge in [-0.15, -0.1) is 11.6 Å². The molecule has 0 aliphatic carbocycles. The van der Waals surface area contributed by atoms with Gasteiger partial charge < -0.3 is 4.90 Å². The van der Waals surface area contributed by atoms with E-state index in [0.717, 1.165) is 19.5 Å². The Morgan fingerprint density at radius 3 is 2.42 bits per heavy atom. The summed E-state index contributed by atoms with van der Waals surface area (Å²) in [5.41, 5.74) is 0. The van der Waals surface area contributed by atoms with Gasteiger partial charge in [0.2, 0.25) is 5.91 Å². The van der Waals surface area contributed by atoms with Gasteiger partial charge in [-0.1, -0.05) is 19.8 Å². The van der Waals surface area contributed by atoms with Gasteiger partial charge >= 0.3 is 0 Å². The summed E-state index contributed by atoms with van der Waals surface area (Å²) < 4.78 is 0. The summed E-state index contributed by atoms with van der Waals surface area (Å²) in [7, 11) is 0. The van der Waals surface area contributed by atoms with Crippen molar-refractivity contribution in [3.63, 3.8) is 0 Å². The van der Waals surface area contributed by atoms with E-state index in [-0.39, 0.29) is 11.8 Å². The Morgan fingerprint density at radius 2 is 2.00 bits per heavy atom. The minimum absolute atomic E-state index is 0.0512.